The van der Waals surface area contributed by atoms with Crippen molar-refractivity contribution in [2.24, 2.45) is 11.3 Å². The second-order valence-corrected chi connectivity index (χ2v) is 11.2. The van der Waals surface area contributed by atoms with Crippen molar-refractivity contribution < 1.29 is 9.21 Å². The second-order valence-electron chi connectivity index (χ2n) is 9.71. The number of nitrogens with one attached hydrogen (secondary N) is 2. The van der Waals surface area contributed by atoms with E-state index in [9.17, 15) is 4.79 Å². The smallest absolute Gasteiger partial charge is 0.256 e. The molecule has 0 saturated carbocycles. The highest BCUT2D eigenvalue weighted by Crippen LogP contribution is 2.47. The molecule has 5 rings (SSSR count). The Kier molecular flexibility index (Phi) is 5.37. The monoisotopic (exact) mass is 468 g/mol. The molecule has 4 nitrogen and oxygen atoms in total. The molecule has 1 aromatic carbocycles. The van der Waals surface area contributed by atoms with Crippen molar-refractivity contribution in [2.45, 2.75) is 59.5 Å². The maximum absolute atomic E-state index is 13.1. The fourth-order valence-electron chi connectivity index (χ4n) is 4.81. The number of amides is 1. The average molecular weight is 469 g/mol. The quantitative estimate of drug-likeness (QED) is 0.420. The van der Waals surface area contributed by atoms with Gasteiger partial charge in [0.05, 0.1) is 5.56 Å². The van der Waals surface area contributed by atoms with E-state index < -0.39 is 0 Å². The Morgan fingerprint density at radius 2 is 2.03 bits per heavy atom. The van der Waals surface area contributed by atoms with E-state index in [-0.39, 0.29) is 12.1 Å². The highest BCUT2D eigenvalue weighted by molar-refractivity contribution is 7.16. The van der Waals surface area contributed by atoms with Gasteiger partial charge in [-0.25, -0.2) is 0 Å². The molecule has 6 heteroatoms. The SMILES string of the molecule is CCC(C)(C)C1CCc2c(sc3c2C(=O)NC(c2ccc(-c4ccc(C)c(Cl)c4)o2)N3)C1. The predicted molar refractivity (Wildman–Crippen MR) is 132 cm³/mol. The van der Waals surface area contributed by atoms with Crippen LogP contribution < -0.4 is 10.6 Å². The van der Waals surface area contributed by atoms with Crippen LogP contribution in [0, 0.1) is 18.3 Å². The van der Waals surface area contributed by atoms with Crippen LogP contribution in [0.3, 0.4) is 0 Å². The lowest BCUT2D eigenvalue weighted by atomic mass is 9.69. The highest BCUT2D eigenvalue weighted by Gasteiger charge is 2.37. The zero-order chi connectivity index (χ0) is 22.6. The number of carbonyl (C=O) groups excluding carboxylic acids is 1. The molecular weight excluding hydrogens is 440 g/mol. The van der Waals surface area contributed by atoms with Gasteiger partial charge in [-0.3, -0.25) is 4.79 Å². The third-order valence-electron chi connectivity index (χ3n) is 7.43. The zero-order valence-electron chi connectivity index (χ0n) is 19.0. The van der Waals surface area contributed by atoms with Gasteiger partial charge in [0.1, 0.15) is 16.5 Å². The molecule has 3 aromatic rings. The summed E-state index contributed by atoms with van der Waals surface area (Å²) < 4.78 is 6.11. The minimum absolute atomic E-state index is 0.00854. The van der Waals surface area contributed by atoms with Crippen LogP contribution in [0.5, 0.6) is 0 Å². The minimum atomic E-state index is -0.382. The Balaban J connectivity index is 1.40. The highest BCUT2D eigenvalue weighted by atomic mass is 35.5. The van der Waals surface area contributed by atoms with Gasteiger partial charge in [0.15, 0.2) is 6.17 Å². The van der Waals surface area contributed by atoms with Crippen LogP contribution in [0.4, 0.5) is 5.00 Å². The standard InChI is InChI=1S/C26H29ClN2O2S/c1-5-26(3,4)16-8-9-17-21(13-16)32-25-22(17)24(30)28-23(29-25)20-11-10-19(31-20)15-7-6-14(2)18(27)12-15/h6-7,10-12,16,23,29H,5,8-9,13H2,1-4H3,(H,28,30). The number of furan rings is 1. The second kappa shape index (κ2) is 7.96. The predicted octanol–water partition coefficient (Wildman–Crippen LogP) is 7.37. The van der Waals surface area contributed by atoms with E-state index in [1.807, 2.05) is 37.3 Å². The molecule has 2 atom stereocenters. The molecular formula is C26H29ClN2O2S. The van der Waals surface area contributed by atoms with Gasteiger partial charge in [-0.05, 0) is 66.8 Å². The minimum Gasteiger partial charge on any atom is -0.457 e. The van der Waals surface area contributed by atoms with Crippen LogP contribution >= 0.6 is 22.9 Å². The molecule has 1 aliphatic heterocycles. The lowest BCUT2D eigenvalue weighted by Crippen LogP contribution is -2.38. The molecule has 168 valence electrons. The number of hydrogen-bond acceptors (Lipinski definition) is 4. The van der Waals surface area contributed by atoms with Gasteiger partial charge in [-0.1, -0.05) is 50.9 Å². The number of aryl methyl sites for hydroxylation is 1. The number of anilines is 1. The van der Waals surface area contributed by atoms with Gasteiger partial charge in [0.25, 0.3) is 5.91 Å². The first-order valence-corrected chi connectivity index (χ1v) is 12.5. The molecule has 0 bridgehead atoms. The van der Waals surface area contributed by atoms with Gasteiger partial charge >= 0.3 is 0 Å². The maximum atomic E-state index is 13.1. The van der Waals surface area contributed by atoms with E-state index >= 15 is 0 Å². The number of fused-ring (bicyclic) bond motifs is 3. The number of halogens is 1. The summed E-state index contributed by atoms with van der Waals surface area (Å²) in [7, 11) is 0. The van der Waals surface area contributed by atoms with Gasteiger partial charge in [-0.15, -0.1) is 11.3 Å². The summed E-state index contributed by atoms with van der Waals surface area (Å²) in [6, 6.07) is 9.73. The molecule has 3 heterocycles. The lowest BCUT2D eigenvalue weighted by Gasteiger charge is -2.36. The van der Waals surface area contributed by atoms with Crippen LogP contribution in [0.1, 0.15) is 71.9 Å². The summed E-state index contributed by atoms with van der Waals surface area (Å²) in [5.74, 6) is 2.07. The van der Waals surface area contributed by atoms with Crippen molar-refractivity contribution in [3.8, 4) is 11.3 Å². The van der Waals surface area contributed by atoms with Gasteiger partial charge in [0, 0.05) is 15.5 Å². The van der Waals surface area contributed by atoms with Crippen molar-refractivity contribution in [2.75, 3.05) is 5.32 Å². The molecule has 1 amide bonds. The summed E-state index contributed by atoms with van der Waals surface area (Å²) in [5.41, 5.74) is 4.36. The van der Waals surface area contributed by atoms with Crippen molar-refractivity contribution in [1.29, 1.82) is 0 Å². The summed E-state index contributed by atoms with van der Waals surface area (Å²) in [5, 5.41) is 8.30. The van der Waals surface area contributed by atoms with Crippen molar-refractivity contribution >= 4 is 33.8 Å². The Morgan fingerprint density at radius 1 is 1.22 bits per heavy atom. The number of thiophene rings is 1. The Bertz CT molecular complexity index is 1190. The molecule has 32 heavy (non-hydrogen) atoms. The number of carbonyl (C=O) groups is 1. The van der Waals surface area contributed by atoms with Gasteiger partial charge < -0.3 is 15.1 Å². The maximum Gasteiger partial charge on any atom is 0.256 e. The van der Waals surface area contributed by atoms with Crippen molar-refractivity contribution in [3.05, 3.63) is 62.7 Å². The Morgan fingerprint density at radius 3 is 2.78 bits per heavy atom. The molecule has 2 aliphatic rings. The van der Waals surface area contributed by atoms with E-state index in [2.05, 4.69) is 31.4 Å². The summed E-state index contributed by atoms with van der Waals surface area (Å²) in [4.78, 5) is 14.5. The first-order chi connectivity index (χ1) is 15.3. The molecule has 2 aromatic heterocycles. The van der Waals surface area contributed by atoms with E-state index in [0.717, 1.165) is 46.7 Å². The van der Waals surface area contributed by atoms with Crippen LogP contribution in [0.25, 0.3) is 11.3 Å². The number of benzene rings is 1. The molecule has 2 unspecified atom stereocenters. The average Bonchev–Trinajstić information content (AvgIpc) is 3.40. The molecule has 0 saturated heterocycles. The third-order valence-corrected chi connectivity index (χ3v) is 9.02. The fourth-order valence-corrected chi connectivity index (χ4v) is 6.34. The topological polar surface area (TPSA) is 54.3 Å². The Labute approximate surface area is 198 Å². The fraction of sp³-hybridized carbons (Fsp3) is 0.423. The first kappa shape index (κ1) is 21.6. The third kappa shape index (κ3) is 3.65. The number of rotatable bonds is 4. The van der Waals surface area contributed by atoms with E-state index in [1.165, 1.54) is 16.9 Å². The van der Waals surface area contributed by atoms with Crippen molar-refractivity contribution in [3.63, 3.8) is 0 Å². The van der Waals surface area contributed by atoms with E-state index in [0.29, 0.717) is 22.1 Å². The van der Waals surface area contributed by atoms with E-state index in [1.54, 1.807) is 11.3 Å². The van der Waals surface area contributed by atoms with Crippen LogP contribution in [-0.2, 0) is 12.8 Å². The molecule has 0 fully saturated rings. The van der Waals surface area contributed by atoms with Crippen LogP contribution in [-0.4, -0.2) is 5.91 Å². The molecule has 0 radical (unpaired) electrons. The van der Waals surface area contributed by atoms with Crippen molar-refractivity contribution in [1.82, 2.24) is 5.32 Å². The van der Waals surface area contributed by atoms with E-state index in [4.69, 9.17) is 16.0 Å². The summed E-state index contributed by atoms with van der Waals surface area (Å²) in [6.45, 7) is 8.99. The molecule has 0 spiro atoms. The Hall–Kier alpha value is -2.24. The first-order valence-electron chi connectivity index (χ1n) is 11.3. The van der Waals surface area contributed by atoms with Gasteiger partial charge in [0.2, 0.25) is 0 Å². The van der Waals surface area contributed by atoms with Gasteiger partial charge in [-0.2, -0.15) is 0 Å². The largest absolute Gasteiger partial charge is 0.457 e. The zero-order valence-corrected chi connectivity index (χ0v) is 20.5. The van der Waals surface area contributed by atoms with Crippen LogP contribution in [0.2, 0.25) is 5.02 Å². The molecule has 1 aliphatic carbocycles. The summed E-state index contributed by atoms with van der Waals surface area (Å²) >= 11 is 8.03. The lowest BCUT2D eigenvalue weighted by molar-refractivity contribution is 0.0930. The van der Waals surface area contributed by atoms with Crippen LogP contribution in [0.15, 0.2) is 34.7 Å². The molecule has 2 N–H and O–H groups in total. The summed E-state index contributed by atoms with van der Waals surface area (Å²) in [6.07, 6.45) is 3.98. The number of hydrogen-bond donors (Lipinski definition) is 2. The normalized spacial score (nSPS) is 20.3.